The predicted octanol–water partition coefficient (Wildman–Crippen LogP) is 2.59. The highest BCUT2D eigenvalue weighted by Crippen LogP contribution is 2.29. The standard InChI is InChI=1S/C17H26N2O3.ClH/c1-18-9-6-13-7-10-19(11-8-13)17(20)14-4-5-15(21-2)16(12-14)22-3;/h4-5,12-13,18H,6-11H2,1-3H3;1H. The normalized spacial score (nSPS) is 15.0. The average Bonchev–Trinajstić information content (AvgIpc) is 2.59. The molecule has 1 heterocycles. The van der Waals surface area contributed by atoms with Crippen molar-refractivity contribution in [1.29, 1.82) is 0 Å². The molecule has 1 amide bonds. The minimum absolute atomic E-state index is 0. The van der Waals surface area contributed by atoms with Gasteiger partial charge in [-0.15, -0.1) is 12.4 Å². The van der Waals surface area contributed by atoms with Gasteiger partial charge in [-0.05, 0) is 57.0 Å². The number of amides is 1. The summed E-state index contributed by atoms with van der Waals surface area (Å²) in [6.07, 6.45) is 3.36. The first kappa shape index (κ1) is 19.6. The van der Waals surface area contributed by atoms with Crippen LogP contribution in [-0.2, 0) is 0 Å². The Kier molecular flexibility index (Phi) is 8.20. The second-order valence-electron chi connectivity index (χ2n) is 5.70. The predicted molar refractivity (Wildman–Crippen MR) is 94.0 cm³/mol. The van der Waals surface area contributed by atoms with Gasteiger partial charge in [-0.25, -0.2) is 0 Å². The first-order valence-electron chi connectivity index (χ1n) is 7.85. The molecule has 0 bridgehead atoms. The molecule has 2 rings (SSSR count). The third-order valence-electron chi connectivity index (χ3n) is 4.33. The summed E-state index contributed by atoms with van der Waals surface area (Å²) in [5, 5.41) is 3.19. The maximum atomic E-state index is 12.6. The third kappa shape index (κ3) is 5.01. The van der Waals surface area contributed by atoms with Crippen molar-refractivity contribution in [3.05, 3.63) is 23.8 Å². The minimum atomic E-state index is 0. The summed E-state index contributed by atoms with van der Waals surface area (Å²) in [4.78, 5) is 14.5. The number of benzene rings is 1. The fourth-order valence-electron chi connectivity index (χ4n) is 2.93. The quantitative estimate of drug-likeness (QED) is 0.863. The monoisotopic (exact) mass is 342 g/mol. The Morgan fingerprint density at radius 3 is 2.43 bits per heavy atom. The molecule has 1 aromatic carbocycles. The van der Waals surface area contributed by atoms with Gasteiger partial charge >= 0.3 is 0 Å². The number of hydrogen-bond acceptors (Lipinski definition) is 4. The molecule has 0 spiro atoms. The van der Waals surface area contributed by atoms with Crippen molar-refractivity contribution in [3.63, 3.8) is 0 Å². The van der Waals surface area contributed by atoms with Gasteiger partial charge in [0.2, 0.25) is 0 Å². The van der Waals surface area contributed by atoms with E-state index in [0.717, 1.165) is 38.4 Å². The lowest BCUT2D eigenvalue weighted by atomic mass is 9.93. The summed E-state index contributed by atoms with van der Waals surface area (Å²) >= 11 is 0. The number of carbonyl (C=O) groups excluding carboxylic acids is 1. The van der Waals surface area contributed by atoms with Crippen molar-refractivity contribution in [2.75, 3.05) is 40.9 Å². The molecule has 0 radical (unpaired) electrons. The Labute approximate surface area is 144 Å². The fraction of sp³-hybridized carbons (Fsp3) is 0.588. The van der Waals surface area contributed by atoms with Gasteiger partial charge in [-0.3, -0.25) is 4.79 Å². The molecule has 130 valence electrons. The lowest BCUT2D eigenvalue weighted by molar-refractivity contribution is 0.0686. The molecule has 5 nitrogen and oxygen atoms in total. The fourth-order valence-corrected chi connectivity index (χ4v) is 2.93. The van der Waals surface area contributed by atoms with Crippen LogP contribution in [0.15, 0.2) is 18.2 Å². The topological polar surface area (TPSA) is 50.8 Å². The Morgan fingerprint density at radius 1 is 1.22 bits per heavy atom. The Hall–Kier alpha value is -1.46. The van der Waals surface area contributed by atoms with Gasteiger partial charge in [0.05, 0.1) is 14.2 Å². The molecule has 1 aromatic rings. The molecule has 0 atom stereocenters. The van der Waals surface area contributed by atoms with E-state index in [0.29, 0.717) is 17.1 Å². The van der Waals surface area contributed by atoms with Crippen molar-refractivity contribution in [1.82, 2.24) is 10.2 Å². The molecule has 0 saturated carbocycles. The van der Waals surface area contributed by atoms with Gasteiger partial charge in [-0.2, -0.15) is 0 Å². The number of hydrogen-bond donors (Lipinski definition) is 1. The van der Waals surface area contributed by atoms with Crippen LogP contribution < -0.4 is 14.8 Å². The van der Waals surface area contributed by atoms with Crippen molar-refractivity contribution < 1.29 is 14.3 Å². The van der Waals surface area contributed by atoms with Crippen molar-refractivity contribution >= 4 is 18.3 Å². The Bertz CT molecular complexity index is 503. The van der Waals surface area contributed by atoms with E-state index in [9.17, 15) is 4.79 Å². The Morgan fingerprint density at radius 2 is 1.87 bits per heavy atom. The molecule has 23 heavy (non-hydrogen) atoms. The van der Waals surface area contributed by atoms with Crippen LogP contribution in [0.2, 0.25) is 0 Å². The van der Waals surface area contributed by atoms with Crippen molar-refractivity contribution in [2.45, 2.75) is 19.3 Å². The summed E-state index contributed by atoms with van der Waals surface area (Å²) in [6, 6.07) is 5.34. The van der Waals surface area contributed by atoms with E-state index in [1.165, 1.54) is 6.42 Å². The second-order valence-corrected chi connectivity index (χ2v) is 5.70. The lowest BCUT2D eigenvalue weighted by Gasteiger charge is -2.32. The molecule has 1 saturated heterocycles. The number of methoxy groups -OCH3 is 2. The molecule has 1 aliphatic heterocycles. The molecule has 0 aromatic heterocycles. The summed E-state index contributed by atoms with van der Waals surface area (Å²) in [5.41, 5.74) is 0.659. The zero-order valence-electron chi connectivity index (χ0n) is 14.1. The molecule has 1 aliphatic rings. The van der Waals surface area contributed by atoms with Crippen LogP contribution in [0.4, 0.5) is 0 Å². The zero-order chi connectivity index (χ0) is 15.9. The lowest BCUT2D eigenvalue weighted by Crippen LogP contribution is -2.38. The van der Waals surface area contributed by atoms with E-state index in [1.54, 1.807) is 32.4 Å². The number of nitrogens with zero attached hydrogens (tertiary/aromatic N) is 1. The maximum Gasteiger partial charge on any atom is 0.253 e. The largest absolute Gasteiger partial charge is 0.493 e. The van der Waals surface area contributed by atoms with Crippen LogP contribution >= 0.6 is 12.4 Å². The highest BCUT2D eigenvalue weighted by molar-refractivity contribution is 5.95. The van der Waals surface area contributed by atoms with E-state index < -0.39 is 0 Å². The first-order valence-corrected chi connectivity index (χ1v) is 7.85. The minimum Gasteiger partial charge on any atom is -0.493 e. The molecule has 0 aliphatic carbocycles. The van der Waals surface area contributed by atoms with E-state index in [2.05, 4.69) is 5.32 Å². The maximum absolute atomic E-state index is 12.6. The van der Waals surface area contributed by atoms with Gasteiger partial charge in [0.1, 0.15) is 0 Å². The number of halogens is 1. The summed E-state index contributed by atoms with van der Waals surface area (Å²) in [6.45, 7) is 2.72. The van der Waals surface area contributed by atoms with Crippen LogP contribution in [0, 0.1) is 5.92 Å². The van der Waals surface area contributed by atoms with E-state index >= 15 is 0 Å². The average molecular weight is 343 g/mol. The van der Waals surface area contributed by atoms with Crippen LogP contribution in [0.1, 0.15) is 29.6 Å². The molecule has 0 unspecified atom stereocenters. The van der Waals surface area contributed by atoms with Crippen LogP contribution in [0.5, 0.6) is 11.5 Å². The van der Waals surface area contributed by atoms with E-state index in [4.69, 9.17) is 9.47 Å². The number of nitrogens with one attached hydrogen (secondary N) is 1. The molecule has 1 fully saturated rings. The summed E-state index contributed by atoms with van der Waals surface area (Å²) in [7, 11) is 5.16. The first-order chi connectivity index (χ1) is 10.7. The van der Waals surface area contributed by atoms with Crippen molar-refractivity contribution in [3.8, 4) is 11.5 Å². The van der Waals surface area contributed by atoms with E-state index in [-0.39, 0.29) is 18.3 Å². The molecule has 6 heteroatoms. The third-order valence-corrected chi connectivity index (χ3v) is 4.33. The van der Waals surface area contributed by atoms with Crippen LogP contribution in [0.25, 0.3) is 0 Å². The van der Waals surface area contributed by atoms with Crippen LogP contribution in [0.3, 0.4) is 0 Å². The zero-order valence-corrected chi connectivity index (χ0v) is 14.9. The van der Waals surface area contributed by atoms with Crippen molar-refractivity contribution in [2.24, 2.45) is 5.92 Å². The molecular weight excluding hydrogens is 316 g/mol. The van der Waals surface area contributed by atoms with Gasteiger partial charge < -0.3 is 19.7 Å². The summed E-state index contributed by atoms with van der Waals surface area (Å²) in [5.74, 6) is 2.04. The Balaban J connectivity index is 0.00000264. The van der Waals surface area contributed by atoms with Gasteiger partial charge in [0.15, 0.2) is 11.5 Å². The number of ether oxygens (including phenoxy) is 2. The van der Waals surface area contributed by atoms with Gasteiger partial charge in [-0.1, -0.05) is 0 Å². The highest BCUT2D eigenvalue weighted by Gasteiger charge is 2.24. The number of rotatable bonds is 6. The number of carbonyl (C=O) groups is 1. The number of piperidine rings is 1. The van der Waals surface area contributed by atoms with Gasteiger partial charge in [0.25, 0.3) is 5.91 Å². The SMILES string of the molecule is CNCCC1CCN(C(=O)c2ccc(OC)c(OC)c2)CC1.Cl. The highest BCUT2D eigenvalue weighted by atomic mass is 35.5. The van der Waals surface area contributed by atoms with Gasteiger partial charge in [0, 0.05) is 18.7 Å². The molecular formula is C17H27ClN2O3. The van der Waals surface area contributed by atoms with Crippen LogP contribution in [-0.4, -0.2) is 51.7 Å². The second kappa shape index (κ2) is 9.63. The smallest absolute Gasteiger partial charge is 0.253 e. The van der Waals surface area contributed by atoms with E-state index in [1.807, 2.05) is 11.9 Å². The number of likely N-dealkylation sites (tertiary alicyclic amines) is 1. The summed E-state index contributed by atoms with van der Waals surface area (Å²) < 4.78 is 10.5. The molecule has 1 N–H and O–H groups in total.